The lowest BCUT2D eigenvalue weighted by atomic mass is 9.81. The van der Waals surface area contributed by atoms with Crippen LogP contribution in [0.25, 0.3) is 0 Å². The van der Waals surface area contributed by atoms with Crippen molar-refractivity contribution in [2.45, 2.75) is 33.7 Å². The van der Waals surface area contributed by atoms with Crippen molar-refractivity contribution in [2.24, 2.45) is 17.8 Å². The van der Waals surface area contributed by atoms with Crippen LogP contribution in [-0.4, -0.2) is 37.1 Å². The third kappa shape index (κ3) is 3.24. The van der Waals surface area contributed by atoms with E-state index < -0.39 is 35.7 Å². The average Bonchev–Trinajstić information content (AvgIpc) is 2.67. The SMILES string of the molecule is CCOC(=O)[C@@H]1C(=O)N[C@@H](C(=O)OCC)[C@@H]1C(C)C. The van der Waals surface area contributed by atoms with Gasteiger partial charge in [0.15, 0.2) is 0 Å². The Morgan fingerprint density at radius 2 is 1.68 bits per heavy atom. The molecule has 0 saturated carbocycles. The number of hydrogen-bond donors (Lipinski definition) is 1. The second-order valence-corrected chi connectivity index (χ2v) is 4.79. The number of esters is 2. The molecular formula is C13H21NO5. The molecule has 1 N–H and O–H groups in total. The van der Waals surface area contributed by atoms with Gasteiger partial charge in [0.05, 0.1) is 13.2 Å². The molecule has 0 aromatic heterocycles. The molecule has 0 aromatic carbocycles. The number of nitrogens with one attached hydrogen (secondary N) is 1. The van der Waals surface area contributed by atoms with Gasteiger partial charge in [-0.3, -0.25) is 9.59 Å². The van der Waals surface area contributed by atoms with E-state index in [-0.39, 0.29) is 19.1 Å². The summed E-state index contributed by atoms with van der Waals surface area (Å²) >= 11 is 0. The molecule has 0 unspecified atom stereocenters. The Morgan fingerprint density at radius 1 is 1.16 bits per heavy atom. The van der Waals surface area contributed by atoms with E-state index in [2.05, 4.69) is 5.32 Å². The van der Waals surface area contributed by atoms with E-state index in [1.54, 1.807) is 13.8 Å². The molecule has 0 aromatic rings. The summed E-state index contributed by atoms with van der Waals surface area (Å²) in [5.74, 6) is -2.94. The number of carbonyl (C=O) groups is 3. The summed E-state index contributed by atoms with van der Waals surface area (Å²) in [5, 5.41) is 2.54. The van der Waals surface area contributed by atoms with Crippen molar-refractivity contribution in [3.8, 4) is 0 Å². The first kappa shape index (κ1) is 15.5. The highest BCUT2D eigenvalue weighted by Gasteiger charge is 2.51. The Kier molecular flexibility index (Phi) is 5.32. The first-order valence-electron chi connectivity index (χ1n) is 6.57. The second kappa shape index (κ2) is 6.54. The predicted octanol–water partition coefficient (Wildman–Crippen LogP) is 0.499. The molecule has 1 saturated heterocycles. The molecule has 19 heavy (non-hydrogen) atoms. The summed E-state index contributed by atoms with van der Waals surface area (Å²) in [7, 11) is 0. The summed E-state index contributed by atoms with van der Waals surface area (Å²) < 4.78 is 9.85. The molecule has 3 atom stereocenters. The van der Waals surface area contributed by atoms with Gasteiger partial charge in [-0.15, -0.1) is 0 Å². The van der Waals surface area contributed by atoms with Crippen molar-refractivity contribution in [2.75, 3.05) is 13.2 Å². The van der Waals surface area contributed by atoms with Crippen LogP contribution in [0.1, 0.15) is 27.7 Å². The highest BCUT2D eigenvalue weighted by atomic mass is 16.5. The first-order valence-corrected chi connectivity index (χ1v) is 6.57. The molecule has 6 nitrogen and oxygen atoms in total. The van der Waals surface area contributed by atoms with E-state index in [1.165, 1.54) is 0 Å². The van der Waals surface area contributed by atoms with E-state index in [9.17, 15) is 14.4 Å². The van der Waals surface area contributed by atoms with Crippen LogP contribution >= 0.6 is 0 Å². The number of hydrogen-bond acceptors (Lipinski definition) is 5. The molecule has 1 rings (SSSR count). The van der Waals surface area contributed by atoms with Crippen LogP contribution in [0.5, 0.6) is 0 Å². The van der Waals surface area contributed by atoms with E-state index >= 15 is 0 Å². The number of amides is 1. The highest BCUT2D eigenvalue weighted by molar-refractivity contribution is 6.03. The zero-order valence-corrected chi connectivity index (χ0v) is 11.8. The Morgan fingerprint density at radius 3 is 2.16 bits per heavy atom. The third-order valence-corrected chi connectivity index (χ3v) is 3.20. The zero-order chi connectivity index (χ0) is 14.6. The Bertz CT molecular complexity index is 366. The van der Waals surface area contributed by atoms with Gasteiger partial charge in [-0.05, 0) is 19.8 Å². The van der Waals surface area contributed by atoms with Crippen LogP contribution in [0.15, 0.2) is 0 Å². The summed E-state index contributed by atoms with van der Waals surface area (Å²) in [6.45, 7) is 7.55. The van der Waals surface area contributed by atoms with Gasteiger partial charge < -0.3 is 14.8 Å². The van der Waals surface area contributed by atoms with Crippen LogP contribution in [0, 0.1) is 17.8 Å². The smallest absolute Gasteiger partial charge is 0.328 e. The summed E-state index contributed by atoms with van der Waals surface area (Å²) in [5.41, 5.74) is 0. The maximum atomic E-state index is 11.9. The standard InChI is InChI=1S/C13H21NO5/c1-5-18-12(16)9-8(7(3)4)10(14-11(9)15)13(17)19-6-2/h7-10H,5-6H2,1-4H3,(H,14,15)/t8-,9+,10-/m1/s1. The van der Waals surface area contributed by atoms with E-state index in [0.717, 1.165) is 0 Å². The Balaban J connectivity index is 2.96. The minimum Gasteiger partial charge on any atom is -0.465 e. The fraction of sp³-hybridized carbons (Fsp3) is 0.769. The molecule has 6 heteroatoms. The van der Waals surface area contributed by atoms with E-state index in [0.29, 0.717) is 0 Å². The molecule has 0 aliphatic carbocycles. The van der Waals surface area contributed by atoms with Gasteiger partial charge in [-0.25, -0.2) is 4.79 Å². The van der Waals surface area contributed by atoms with Crippen LogP contribution in [0.4, 0.5) is 0 Å². The molecule has 0 spiro atoms. The summed E-state index contributed by atoms with van der Waals surface area (Å²) in [6, 6.07) is -0.776. The number of ether oxygens (including phenoxy) is 2. The predicted molar refractivity (Wildman–Crippen MR) is 67.0 cm³/mol. The molecular weight excluding hydrogens is 250 g/mol. The van der Waals surface area contributed by atoms with Crippen molar-refractivity contribution in [1.82, 2.24) is 5.32 Å². The minimum absolute atomic E-state index is 0.0252. The van der Waals surface area contributed by atoms with Gasteiger partial charge in [-0.2, -0.15) is 0 Å². The van der Waals surface area contributed by atoms with Crippen LogP contribution < -0.4 is 5.32 Å². The normalized spacial score (nSPS) is 26.2. The quantitative estimate of drug-likeness (QED) is 0.581. The molecule has 1 heterocycles. The van der Waals surface area contributed by atoms with Crippen molar-refractivity contribution in [3.63, 3.8) is 0 Å². The molecule has 1 aliphatic heterocycles. The maximum Gasteiger partial charge on any atom is 0.328 e. The van der Waals surface area contributed by atoms with E-state index in [4.69, 9.17) is 9.47 Å². The molecule has 1 amide bonds. The zero-order valence-electron chi connectivity index (χ0n) is 11.8. The first-order chi connectivity index (χ1) is 8.93. The van der Waals surface area contributed by atoms with Gasteiger partial charge in [0.1, 0.15) is 12.0 Å². The van der Waals surface area contributed by atoms with Crippen LogP contribution in [-0.2, 0) is 23.9 Å². The lowest BCUT2D eigenvalue weighted by molar-refractivity contribution is -0.153. The van der Waals surface area contributed by atoms with Gasteiger partial charge in [-0.1, -0.05) is 13.8 Å². The fourth-order valence-corrected chi connectivity index (χ4v) is 2.42. The third-order valence-electron chi connectivity index (χ3n) is 3.20. The largest absolute Gasteiger partial charge is 0.465 e. The van der Waals surface area contributed by atoms with Crippen molar-refractivity contribution >= 4 is 17.8 Å². The average molecular weight is 271 g/mol. The van der Waals surface area contributed by atoms with Gasteiger partial charge >= 0.3 is 11.9 Å². The molecule has 1 fully saturated rings. The fourth-order valence-electron chi connectivity index (χ4n) is 2.42. The van der Waals surface area contributed by atoms with Gasteiger partial charge in [0.25, 0.3) is 0 Å². The number of rotatable bonds is 5. The Labute approximate surface area is 112 Å². The van der Waals surface area contributed by atoms with E-state index in [1.807, 2.05) is 13.8 Å². The lowest BCUT2D eigenvalue weighted by Gasteiger charge is -2.23. The summed E-state index contributed by atoms with van der Waals surface area (Å²) in [4.78, 5) is 35.6. The topological polar surface area (TPSA) is 81.7 Å². The second-order valence-electron chi connectivity index (χ2n) is 4.79. The van der Waals surface area contributed by atoms with Gasteiger partial charge in [0.2, 0.25) is 5.91 Å². The van der Waals surface area contributed by atoms with Crippen molar-refractivity contribution < 1.29 is 23.9 Å². The van der Waals surface area contributed by atoms with Gasteiger partial charge in [0, 0.05) is 5.92 Å². The molecule has 0 radical (unpaired) electrons. The molecule has 108 valence electrons. The Hall–Kier alpha value is -1.59. The molecule has 0 bridgehead atoms. The van der Waals surface area contributed by atoms with Crippen molar-refractivity contribution in [1.29, 1.82) is 0 Å². The maximum absolute atomic E-state index is 11.9. The number of carbonyl (C=O) groups excluding carboxylic acids is 3. The highest BCUT2D eigenvalue weighted by Crippen LogP contribution is 2.32. The minimum atomic E-state index is -0.936. The lowest BCUT2D eigenvalue weighted by Crippen LogP contribution is -2.40. The molecule has 1 aliphatic rings. The van der Waals surface area contributed by atoms with Crippen LogP contribution in [0.2, 0.25) is 0 Å². The monoisotopic (exact) mass is 271 g/mol. The summed E-state index contributed by atoms with van der Waals surface area (Å²) in [6.07, 6.45) is 0. The van der Waals surface area contributed by atoms with Crippen molar-refractivity contribution in [3.05, 3.63) is 0 Å². The van der Waals surface area contributed by atoms with Crippen LogP contribution in [0.3, 0.4) is 0 Å².